The highest BCUT2D eigenvalue weighted by molar-refractivity contribution is 7.61. The highest BCUT2D eigenvalue weighted by Crippen LogP contribution is 2.61. The van der Waals surface area contributed by atoms with Crippen molar-refractivity contribution >= 4 is 38.6 Å². The van der Waals surface area contributed by atoms with Gasteiger partial charge < -0.3 is 55.3 Å². The van der Waals surface area contributed by atoms with Gasteiger partial charge in [-0.2, -0.15) is 4.31 Å². The Morgan fingerprint density at radius 1 is 1.05 bits per heavy atom. The Kier molecular flexibility index (Phi) is 10.2. The molecule has 4 heterocycles. The number of nitrogens with two attached hydrogens (primary N) is 1. The van der Waals surface area contributed by atoms with Crippen molar-refractivity contribution in [1.82, 2.24) is 19.5 Å². The predicted octanol–water partition coefficient (Wildman–Crippen LogP) is -3.01. The summed E-state index contributed by atoms with van der Waals surface area (Å²) in [5.74, 6) is -0.881. The van der Waals surface area contributed by atoms with Gasteiger partial charge in [-0.15, -0.1) is 0 Å². The molecule has 2 saturated heterocycles. The molecular formula is C19H28FN5O16P2. The second kappa shape index (κ2) is 13.0. The number of rotatable bonds is 11. The number of aromatic nitrogens is 4. The highest BCUT2D eigenvalue weighted by atomic mass is 31.3. The number of ether oxygens (including phenoxy) is 3. The van der Waals surface area contributed by atoms with E-state index in [4.69, 9.17) is 15.2 Å². The first-order chi connectivity index (χ1) is 20.0. The number of phosphoric ester groups is 2. The summed E-state index contributed by atoms with van der Waals surface area (Å²) in [4.78, 5) is 42.6. The molecule has 2 aliphatic rings. The predicted molar refractivity (Wildman–Crippen MR) is 132 cm³/mol. The number of esters is 1. The number of nitrogens with zero attached hydrogens (tertiary/aromatic N) is 4. The fourth-order valence-corrected chi connectivity index (χ4v) is 6.33. The molecule has 43 heavy (non-hydrogen) atoms. The molecule has 0 amide bonds. The Morgan fingerprint density at radius 2 is 1.74 bits per heavy atom. The summed E-state index contributed by atoms with van der Waals surface area (Å²) in [6.07, 6.45) is -17.3. The second-order valence-electron chi connectivity index (χ2n) is 9.31. The number of imidazole rings is 1. The fourth-order valence-electron chi connectivity index (χ4n) is 4.18. The van der Waals surface area contributed by atoms with Crippen molar-refractivity contribution in [2.45, 2.75) is 68.3 Å². The van der Waals surface area contributed by atoms with Crippen LogP contribution in [0.4, 0.5) is 10.2 Å². The summed E-state index contributed by atoms with van der Waals surface area (Å²) in [6.45, 7) is -1.01. The maximum atomic E-state index is 14.5. The molecule has 0 bridgehead atoms. The number of hydrogen-bond donors (Lipinski definition) is 8. The van der Waals surface area contributed by atoms with E-state index in [1.807, 2.05) is 0 Å². The molecule has 0 aromatic carbocycles. The van der Waals surface area contributed by atoms with E-state index < -0.39 is 96.2 Å². The smallest absolute Gasteiger partial charge is 0.463 e. The monoisotopic (exact) mass is 663 g/mol. The minimum absolute atomic E-state index is 0.0181. The van der Waals surface area contributed by atoms with Crippen LogP contribution in [0.3, 0.4) is 0 Å². The number of aliphatic hydroxyl groups is 5. The van der Waals surface area contributed by atoms with Gasteiger partial charge in [-0.3, -0.25) is 18.4 Å². The van der Waals surface area contributed by atoms with Gasteiger partial charge in [0, 0.05) is 6.92 Å². The lowest BCUT2D eigenvalue weighted by Crippen LogP contribution is -2.61. The van der Waals surface area contributed by atoms with E-state index in [1.54, 1.807) is 0 Å². The third kappa shape index (κ3) is 7.52. The van der Waals surface area contributed by atoms with Crippen LogP contribution in [-0.4, -0.2) is 129 Å². The summed E-state index contributed by atoms with van der Waals surface area (Å²) in [6, 6.07) is 0. The molecule has 7 unspecified atom stereocenters. The summed E-state index contributed by atoms with van der Waals surface area (Å²) >= 11 is 0. The lowest BCUT2D eigenvalue weighted by molar-refractivity contribution is -0.287. The molecule has 0 aliphatic carbocycles. The van der Waals surface area contributed by atoms with Crippen LogP contribution in [0, 0.1) is 0 Å². The van der Waals surface area contributed by atoms with Crippen LogP contribution in [-0.2, 0) is 41.5 Å². The number of halogens is 1. The standard InChI is InChI=1S/C19H28FN5O16P2/c1-6(26)36-2-7(20)15-12(29)11(28)14(31)19(39-15)40-43(34,35)41-42(32,33)37-3-8-10(27)13(30)18(38-8)25-5-24-9-16(21)22-4-23-17(9)25/h4-5,7-8,10-15,18-19,27-31H,2-3H2,1H3,(H,32,33)(H,34,35)(H2,21,22,23)/t7-,8+,10?,11?,12-,13?,14?,15?,18+,19-/m0/s1. The molecule has 4 rings (SSSR count). The van der Waals surface area contributed by atoms with Crippen LogP contribution in [0.15, 0.2) is 12.7 Å². The average Bonchev–Trinajstić information content (AvgIpc) is 3.47. The quantitative estimate of drug-likeness (QED) is 0.0876. The number of alkyl halides is 1. The normalized spacial score (nSPS) is 34.9. The third-order valence-corrected chi connectivity index (χ3v) is 8.85. The minimum Gasteiger partial charge on any atom is -0.463 e. The van der Waals surface area contributed by atoms with E-state index in [0.717, 1.165) is 13.3 Å². The molecule has 12 atom stereocenters. The van der Waals surface area contributed by atoms with Gasteiger partial charge >= 0.3 is 21.6 Å². The van der Waals surface area contributed by atoms with E-state index in [1.165, 1.54) is 10.9 Å². The zero-order chi connectivity index (χ0) is 31.9. The molecule has 0 radical (unpaired) electrons. The van der Waals surface area contributed by atoms with Gasteiger partial charge in [-0.05, 0) is 0 Å². The molecule has 9 N–H and O–H groups in total. The zero-order valence-corrected chi connectivity index (χ0v) is 23.6. The van der Waals surface area contributed by atoms with Gasteiger partial charge in [0.05, 0.1) is 12.9 Å². The zero-order valence-electron chi connectivity index (χ0n) is 21.8. The summed E-state index contributed by atoms with van der Waals surface area (Å²) in [5, 5.41) is 50.9. The van der Waals surface area contributed by atoms with Crippen LogP contribution < -0.4 is 5.73 Å². The van der Waals surface area contributed by atoms with Crippen molar-refractivity contribution in [2.75, 3.05) is 18.9 Å². The van der Waals surface area contributed by atoms with Gasteiger partial charge in [0.2, 0.25) is 0 Å². The molecule has 2 aromatic rings. The minimum atomic E-state index is -5.74. The van der Waals surface area contributed by atoms with Gasteiger partial charge in [0.1, 0.15) is 61.2 Å². The van der Waals surface area contributed by atoms with Crippen LogP contribution in [0.25, 0.3) is 11.2 Å². The van der Waals surface area contributed by atoms with E-state index in [-0.39, 0.29) is 17.0 Å². The third-order valence-electron chi connectivity index (χ3n) is 6.25. The molecule has 21 nitrogen and oxygen atoms in total. The van der Waals surface area contributed by atoms with Gasteiger partial charge in [-0.1, -0.05) is 0 Å². The lowest BCUT2D eigenvalue weighted by atomic mass is 9.96. The van der Waals surface area contributed by atoms with E-state index in [2.05, 4.69) is 33.0 Å². The van der Waals surface area contributed by atoms with E-state index >= 15 is 0 Å². The van der Waals surface area contributed by atoms with Crippen molar-refractivity contribution < 1.29 is 81.2 Å². The number of carbonyl (C=O) groups excluding carboxylic acids is 1. The molecular weight excluding hydrogens is 635 g/mol. The number of phosphoric acid groups is 2. The van der Waals surface area contributed by atoms with E-state index in [9.17, 15) is 53.6 Å². The van der Waals surface area contributed by atoms with Crippen LogP contribution in [0.2, 0.25) is 0 Å². The van der Waals surface area contributed by atoms with Crippen molar-refractivity contribution in [3.8, 4) is 0 Å². The number of fused-ring (bicyclic) bond motifs is 1. The first-order valence-electron chi connectivity index (χ1n) is 12.1. The fraction of sp³-hybridized carbons (Fsp3) is 0.684. The first kappa shape index (κ1) is 33.6. The van der Waals surface area contributed by atoms with Crippen molar-refractivity contribution in [2.24, 2.45) is 0 Å². The maximum Gasteiger partial charge on any atom is 0.483 e. The number of hydrogen-bond acceptors (Lipinski definition) is 18. The molecule has 0 saturated carbocycles. The topological polar surface area (TPSA) is 318 Å². The van der Waals surface area contributed by atoms with Crippen LogP contribution in [0.1, 0.15) is 13.2 Å². The van der Waals surface area contributed by atoms with Gasteiger partial charge in [0.25, 0.3) is 0 Å². The second-order valence-corrected chi connectivity index (χ2v) is 12.3. The Labute approximate surface area is 239 Å². The first-order valence-corrected chi connectivity index (χ1v) is 15.1. The Balaban J connectivity index is 1.37. The summed E-state index contributed by atoms with van der Waals surface area (Å²) in [5.41, 5.74) is 6.00. The summed E-state index contributed by atoms with van der Waals surface area (Å²) < 4.78 is 68.6. The Bertz CT molecular complexity index is 1400. The average molecular weight is 663 g/mol. The van der Waals surface area contributed by atoms with Crippen molar-refractivity contribution in [1.29, 1.82) is 0 Å². The Hall–Kier alpha value is -2.27. The van der Waals surface area contributed by atoms with Crippen molar-refractivity contribution in [3.63, 3.8) is 0 Å². The van der Waals surface area contributed by atoms with Crippen LogP contribution >= 0.6 is 15.6 Å². The lowest BCUT2D eigenvalue weighted by Gasteiger charge is -2.41. The van der Waals surface area contributed by atoms with E-state index in [0.29, 0.717) is 0 Å². The number of nitrogen functional groups attached to an aromatic ring is 1. The number of anilines is 1. The molecule has 24 heteroatoms. The molecule has 2 aromatic heterocycles. The number of carbonyl (C=O) groups is 1. The van der Waals surface area contributed by atoms with Crippen LogP contribution in [0.5, 0.6) is 0 Å². The molecule has 2 fully saturated rings. The Morgan fingerprint density at radius 3 is 2.42 bits per heavy atom. The molecule has 0 spiro atoms. The van der Waals surface area contributed by atoms with Gasteiger partial charge in [-0.25, -0.2) is 28.5 Å². The number of aliphatic hydroxyl groups excluding tert-OH is 5. The largest absolute Gasteiger partial charge is 0.483 e. The molecule has 242 valence electrons. The highest BCUT2D eigenvalue weighted by Gasteiger charge is 2.51. The molecule has 2 aliphatic heterocycles. The van der Waals surface area contributed by atoms with Gasteiger partial charge in [0.15, 0.2) is 30.2 Å². The SMILES string of the molecule is CC(=O)OC[C@H](F)C1O[C@@H](OP(=O)(O)OP(=O)(O)OC[C@H]2O[C@@H](n3cnc4c(N)ncnc43)C(O)C2O)C(O)C(O)[C@@H]1O. The summed E-state index contributed by atoms with van der Waals surface area (Å²) in [7, 11) is -11.3. The maximum absolute atomic E-state index is 14.5. The van der Waals surface area contributed by atoms with Crippen molar-refractivity contribution in [3.05, 3.63) is 12.7 Å².